The summed E-state index contributed by atoms with van der Waals surface area (Å²) < 4.78 is 27.5. The minimum atomic E-state index is -3.73. The average molecular weight is 358 g/mol. The van der Waals surface area contributed by atoms with Crippen molar-refractivity contribution in [2.75, 3.05) is 0 Å². The van der Waals surface area contributed by atoms with Crippen LogP contribution >= 0.6 is 0 Å². The van der Waals surface area contributed by atoms with Crippen molar-refractivity contribution in [1.29, 1.82) is 0 Å². The van der Waals surface area contributed by atoms with Crippen molar-refractivity contribution in [2.24, 2.45) is 0 Å². The average Bonchev–Trinajstić information content (AvgIpc) is 2.53. The molecule has 1 aromatic carbocycles. The highest BCUT2D eigenvalue weighted by Gasteiger charge is 2.23. The normalized spacial score (nSPS) is 12.4. The minimum Gasteiger partial charge on any atom is -0.306 e. The van der Waals surface area contributed by atoms with Crippen LogP contribution in [0.1, 0.15) is 20.8 Å². The number of pyridine rings is 1. The molecule has 2 aromatic heterocycles. The second kappa shape index (κ2) is 6.05. The van der Waals surface area contributed by atoms with E-state index in [9.17, 15) is 13.2 Å². The van der Waals surface area contributed by atoms with E-state index in [4.69, 9.17) is 0 Å². The van der Waals surface area contributed by atoms with Gasteiger partial charge in [0.2, 0.25) is 10.0 Å². The smallest absolute Gasteiger partial charge is 0.259 e. The maximum atomic E-state index is 12.5. The molecule has 0 fully saturated rings. The molecule has 0 radical (unpaired) electrons. The fourth-order valence-electron chi connectivity index (χ4n) is 2.38. The Kier molecular flexibility index (Phi) is 4.18. The molecule has 0 saturated heterocycles. The van der Waals surface area contributed by atoms with Crippen molar-refractivity contribution in [1.82, 2.24) is 19.7 Å². The van der Waals surface area contributed by atoms with Crippen LogP contribution in [-0.2, 0) is 10.0 Å². The third-order valence-corrected chi connectivity index (χ3v) is 5.08. The molecule has 130 valence electrons. The molecular weight excluding hydrogens is 340 g/mol. The van der Waals surface area contributed by atoms with Gasteiger partial charge in [0.15, 0.2) is 0 Å². The maximum Gasteiger partial charge on any atom is 0.259 e. The number of aromatic nitrogens is 3. The van der Waals surface area contributed by atoms with Gasteiger partial charge in [-0.25, -0.2) is 18.1 Å². The standard InChI is InChI=1S/C17H18N4O3S/c1-17(2,3)21-25(23,24)12-8-11(9-18-10-12)15-19-14-7-5-4-6-13(14)16(22)20-15/h4-10,21H,1-3H3,(H,19,20,22). The summed E-state index contributed by atoms with van der Waals surface area (Å²) in [5.41, 5.74) is 0.0355. The maximum absolute atomic E-state index is 12.5. The first kappa shape index (κ1) is 17.2. The number of H-pyrrole nitrogens is 1. The predicted molar refractivity (Wildman–Crippen MR) is 95.7 cm³/mol. The molecule has 0 spiro atoms. The summed E-state index contributed by atoms with van der Waals surface area (Å²) in [6, 6.07) is 8.38. The fraction of sp³-hybridized carbons (Fsp3) is 0.235. The highest BCUT2D eigenvalue weighted by Crippen LogP contribution is 2.20. The van der Waals surface area contributed by atoms with Crippen molar-refractivity contribution in [3.05, 3.63) is 53.1 Å². The molecule has 2 heterocycles. The number of hydrogen-bond acceptors (Lipinski definition) is 5. The molecule has 0 saturated carbocycles. The largest absolute Gasteiger partial charge is 0.306 e. The van der Waals surface area contributed by atoms with Crippen LogP contribution in [0.2, 0.25) is 0 Å². The number of fused-ring (bicyclic) bond motifs is 1. The molecule has 0 aliphatic rings. The molecule has 0 aliphatic carbocycles. The predicted octanol–water partition coefficient (Wildman–Crippen LogP) is 2.06. The summed E-state index contributed by atoms with van der Waals surface area (Å²) in [5.74, 6) is 0.268. The lowest BCUT2D eigenvalue weighted by Gasteiger charge is -2.20. The van der Waals surface area contributed by atoms with Crippen LogP contribution in [0.25, 0.3) is 22.3 Å². The van der Waals surface area contributed by atoms with Gasteiger partial charge in [0, 0.05) is 23.5 Å². The zero-order valence-electron chi connectivity index (χ0n) is 14.1. The summed E-state index contributed by atoms with van der Waals surface area (Å²) in [6.07, 6.45) is 2.72. The second-order valence-electron chi connectivity index (χ2n) is 6.70. The Labute approximate surface area is 145 Å². The molecule has 2 N–H and O–H groups in total. The number of hydrogen-bond donors (Lipinski definition) is 2. The number of nitrogens with zero attached hydrogens (tertiary/aromatic N) is 2. The second-order valence-corrected chi connectivity index (χ2v) is 8.38. The summed E-state index contributed by atoms with van der Waals surface area (Å²) in [6.45, 7) is 5.26. The summed E-state index contributed by atoms with van der Waals surface area (Å²) >= 11 is 0. The van der Waals surface area contributed by atoms with Crippen molar-refractivity contribution < 1.29 is 8.42 Å². The Balaban J connectivity index is 2.10. The van der Waals surface area contributed by atoms with E-state index >= 15 is 0 Å². The molecule has 0 aliphatic heterocycles. The van der Waals surface area contributed by atoms with Crippen LogP contribution in [0.3, 0.4) is 0 Å². The Hall–Kier alpha value is -2.58. The minimum absolute atomic E-state index is 0.00994. The number of sulfonamides is 1. The summed E-state index contributed by atoms with van der Waals surface area (Å²) in [7, 11) is -3.73. The zero-order chi connectivity index (χ0) is 18.2. The van der Waals surface area contributed by atoms with Gasteiger partial charge in [0.25, 0.3) is 5.56 Å². The van der Waals surface area contributed by atoms with Crippen LogP contribution in [-0.4, -0.2) is 28.9 Å². The molecule has 0 atom stereocenters. The molecule has 8 heteroatoms. The highest BCUT2D eigenvalue weighted by atomic mass is 32.2. The van der Waals surface area contributed by atoms with Gasteiger partial charge in [0.1, 0.15) is 10.7 Å². The molecule has 0 unspecified atom stereocenters. The number of benzene rings is 1. The van der Waals surface area contributed by atoms with E-state index in [1.807, 2.05) is 0 Å². The fourth-order valence-corrected chi connectivity index (χ4v) is 3.79. The first-order chi connectivity index (χ1) is 11.7. The third-order valence-electron chi connectivity index (χ3n) is 3.35. The van der Waals surface area contributed by atoms with E-state index in [2.05, 4.69) is 19.7 Å². The van der Waals surface area contributed by atoms with Gasteiger partial charge in [-0.05, 0) is 39.0 Å². The molecule has 0 bridgehead atoms. The first-order valence-corrected chi connectivity index (χ1v) is 9.12. The quantitative estimate of drug-likeness (QED) is 0.746. The van der Waals surface area contributed by atoms with Crippen molar-refractivity contribution in [3.63, 3.8) is 0 Å². The summed E-state index contributed by atoms with van der Waals surface area (Å²) in [4.78, 5) is 23.3. The zero-order valence-corrected chi connectivity index (χ0v) is 14.9. The molecular formula is C17H18N4O3S. The van der Waals surface area contributed by atoms with Crippen LogP contribution in [0.5, 0.6) is 0 Å². The van der Waals surface area contributed by atoms with Gasteiger partial charge >= 0.3 is 0 Å². The van der Waals surface area contributed by atoms with Crippen LogP contribution in [0.15, 0.2) is 52.4 Å². The molecule has 7 nitrogen and oxygen atoms in total. The molecule has 25 heavy (non-hydrogen) atoms. The number of para-hydroxylation sites is 1. The van der Waals surface area contributed by atoms with Crippen molar-refractivity contribution >= 4 is 20.9 Å². The van der Waals surface area contributed by atoms with E-state index < -0.39 is 15.6 Å². The van der Waals surface area contributed by atoms with Crippen molar-refractivity contribution in [2.45, 2.75) is 31.2 Å². The third kappa shape index (κ3) is 3.75. The van der Waals surface area contributed by atoms with E-state index in [1.54, 1.807) is 45.0 Å². The van der Waals surface area contributed by atoms with Crippen LogP contribution < -0.4 is 10.3 Å². The van der Waals surface area contributed by atoms with E-state index in [0.717, 1.165) is 0 Å². The molecule has 3 aromatic rings. The molecule has 0 amide bonds. The lowest BCUT2D eigenvalue weighted by Crippen LogP contribution is -2.40. The Bertz CT molecular complexity index is 1100. The van der Waals surface area contributed by atoms with Gasteiger partial charge in [-0.2, -0.15) is 0 Å². The highest BCUT2D eigenvalue weighted by molar-refractivity contribution is 7.89. The monoisotopic (exact) mass is 358 g/mol. The Morgan fingerprint density at radius 1 is 1.12 bits per heavy atom. The number of aromatic amines is 1. The number of rotatable bonds is 3. The van der Waals surface area contributed by atoms with E-state index in [1.165, 1.54) is 18.5 Å². The van der Waals surface area contributed by atoms with Gasteiger partial charge in [-0.1, -0.05) is 12.1 Å². The van der Waals surface area contributed by atoms with Gasteiger partial charge in [-0.3, -0.25) is 9.78 Å². The molecule has 3 rings (SSSR count). The van der Waals surface area contributed by atoms with Gasteiger partial charge < -0.3 is 4.98 Å². The van der Waals surface area contributed by atoms with E-state index in [0.29, 0.717) is 16.5 Å². The van der Waals surface area contributed by atoms with Gasteiger partial charge in [0.05, 0.1) is 10.9 Å². The topological polar surface area (TPSA) is 105 Å². The number of nitrogens with one attached hydrogen (secondary N) is 2. The lowest BCUT2D eigenvalue weighted by molar-refractivity contribution is 0.491. The Morgan fingerprint density at radius 3 is 2.56 bits per heavy atom. The summed E-state index contributed by atoms with van der Waals surface area (Å²) in [5, 5.41) is 0.470. The lowest BCUT2D eigenvalue weighted by atomic mass is 10.1. The first-order valence-electron chi connectivity index (χ1n) is 7.64. The van der Waals surface area contributed by atoms with Gasteiger partial charge in [-0.15, -0.1) is 0 Å². The van der Waals surface area contributed by atoms with Crippen molar-refractivity contribution in [3.8, 4) is 11.4 Å². The SMILES string of the molecule is CC(C)(C)NS(=O)(=O)c1cncc(-c2nc3ccccc3c(=O)[nH]2)c1. The van der Waals surface area contributed by atoms with Crippen LogP contribution in [0, 0.1) is 0 Å². The van der Waals surface area contributed by atoms with E-state index in [-0.39, 0.29) is 16.3 Å². The van der Waals surface area contributed by atoms with Crippen LogP contribution in [0.4, 0.5) is 0 Å². The Morgan fingerprint density at radius 2 is 1.84 bits per heavy atom.